The lowest BCUT2D eigenvalue weighted by molar-refractivity contribution is 0.418. The van der Waals surface area contributed by atoms with E-state index in [4.69, 9.17) is 4.74 Å². The third-order valence-corrected chi connectivity index (χ3v) is 4.27. The van der Waals surface area contributed by atoms with Gasteiger partial charge in [-0.05, 0) is 11.3 Å². The molecule has 0 heterocycles. The van der Waals surface area contributed by atoms with Crippen LogP contribution in [0.15, 0.2) is 54.6 Å². The molecule has 0 aliphatic carbocycles. The maximum Gasteiger partial charge on any atom is 0.117 e. The fourth-order valence-corrected chi connectivity index (χ4v) is 3.30. The summed E-state index contributed by atoms with van der Waals surface area (Å²) in [7, 11) is 1.34. The third kappa shape index (κ3) is 2.48. The van der Waals surface area contributed by atoms with Gasteiger partial charge < -0.3 is 4.74 Å². The van der Waals surface area contributed by atoms with Crippen molar-refractivity contribution < 1.29 is 4.74 Å². The van der Waals surface area contributed by atoms with Gasteiger partial charge in [0.15, 0.2) is 0 Å². The van der Waals surface area contributed by atoms with Crippen LogP contribution in [0.4, 0.5) is 0 Å². The first kappa shape index (κ1) is 9.99. The largest absolute Gasteiger partial charge is 0.497 e. The summed E-state index contributed by atoms with van der Waals surface area (Å²) in [5.41, 5.74) is 0. The first-order chi connectivity index (χ1) is 7.40. The summed E-state index contributed by atoms with van der Waals surface area (Å²) in [4.78, 5) is 0. The van der Waals surface area contributed by atoms with Crippen molar-refractivity contribution in [3.8, 4) is 5.75 Å². The van der Waals surface area contributed by atoms with E-state index in [0.29, 0.717) is 0 Å². The molecule has 0 fully saturated rings. The Hall–Kier alpha value is -1.54. The van der Waals surface area contributed by atoms with E-state index in [-0.39, 0.29) is 0 Å². The van der Waals surface area contributed by atoms with Gasteiger partial charge in [0, 0.05) is 0 Å². The molecule has 0 unspecified atom stereocenters. The van der Waals surface area contributed by atoms with Crippen molar-refractivity contribution in [1.82, 2.24) is 0 Å². The van der Waals surface area contributed by atoms with Gasteiger partial charge in [0.1, 0.15) is 5.75 Å². The summed E-state index contributed by atoms with van der Waals surface area (Å²) in [5.74, 6) is 1.02. The van der Waals surface area contributed by atoms with Crippen molar-refractivity contribution >= 4 is 19.9 Å². The van der Waals surface area contributed by atoms with Crippen LogP contribution in [0.3, 0.4) is 0 Å². The fourth-order valence-electron chi connectivity index (χ4n) is 1.66. The van der Waals surface area contributed by atoms with Crippen LogP contribution in [0.5, 0.6) is 5.75 Å². The highest BCUT2D eigenvalue weighted by Gasteiger charge is 2.02. The average molecular weight is 214 g/mol. The Balaban J connectivity index is 2.24. The van der Waals surface area contributed by atoms with Gasteiger partial charge in [0.25, 0.3) is 0 Å². The van der Waals surface area contributed by atoms with Crippen LogP contribution in [0.2, 0.25) is 0 Å². The topological polar surface area (TPSA) is 9.23 Å². The molecule has 2 heteroatoms. The van der Waals surface area contributed by atoms with Crippen LogP contribution in [0.1, 0.15) is 0 Å². The second-order valence-electron chi connectivity index (χ2n) is 3.47. The number of rotatable bonds is 3. The van der Waals surface area contributed by atoms with Gasteiger partial charge in [0.2, 0.25) is 0 Å². The van der Waals surface area contributed by atoms with Crippen LogP contribution in [0.25, 0.3) is 0 Å². The molecule has 2 aromatic rings. The van der Waals surface area contributed by atoms with Crippen molar-refractivity contribution in [2.45, 2.75) is 0 Å². The van der Waals surface area contributed by atoms with Gasteiger partial charge in [-0.3, -0.25) is 0 Å². The molecular weight excluding hydrogens is 200 g/mol. The Morgan fingerprint density at radius 3 is 2.27 bits per heavy atom. The van der Waals surface area contributed by atoms with Crippen LogP contribution in [-0.2, 0) is 0 Å². The second-order valence-corrected chi connectivity index (χ2v) is 5.41. The van der Waals surface area contributed by atoms with Gasteiger partial charge in [-0.15, -0.1) is 0 Å². The van der Waals surface area contributed by atoms with E-state index in [1.54, 1.807) is 7.11 Å². The molecule has 0 aliphatic heterocycles. The van der Waals surface area contributed by atoms with Crippen LogP contribution in [0, 0.1) is 0 Å². The van der Waals surface area contributed by atoms with E-state index in [0.717, 1.165) is 5.75 Å². The highest BCUT2D eigenvalue weighted by Crippen LogP contribution is 2.03. The molecule has 76 valence electrons. The Morgan fingerprint density at radius 1 is 0.867 bits per heavy atom. The number of methoxy groups -OCH3 is 1. The zero-order valence-corrected chi connectivity index (χ0v) is 10.2. The lowest BCUT2D eigenvalue weighted by Crippen LogP contribution is -2.27. The monoisotopic (exact) mass is 214 g/mol. The lowest BCUT2D eigenvalue weighted by Gasteiger charge is -2.07. The molecule has 15 heavy (non-hydrogen) atoms. The summed E-state index contributed by atoms with van der Waals surface area (Å²) in [6, 6.07) is 18.9. The smallest absolute Gasteiger partial charge is 0.117 e. The second kappa shape index (κ2) is 4.80. The molecule has 0 N–H and O–H groups in total. The first-order valence-electron chi connectivity index (χ1n) is 5.06. The summed E-state index contributed by atoms with van der Waals surface area (Å²) < 4.78 is 5.35. The van der Waals surface area contributed by atoms with E-state index in [2.05, 4.69) is 42.5 Å². The Kier molecular flexibility index (Phi) is 3.20. The van der Waals surface area contributed by atoms with E-state index < -0.39 is 9.52 Å². The van der Waals surface area contributed by atoms with Crippen LogP contribution >= 0.6 is 0 Å². The number of hydrogen-bond acceptors (Lipinski definition) is 1. The molecule has 0 radical (unpaired) electrons. The molecule has 0 amide bonds. The molecule has 0 aliphatic rings. The minimum absolute atomic E-state index is 0.399. The number of ether oxygens (including phenoxy) is 1. The molecule has 0 atom stereocenters. The predicted molar refractivity (Wildman–Crippen MR) is 67.2 cm³/mol. The van der Waals surface area contributed by atoms with Crippen LogP contribution in [-0.4, -0.2) is 16.6 Å². The first-order valence-corrected chi connectivity index (χ1v) is 6.47. The number of hydrogen-bond donors (Lipinski definition) is 0. The van der Waals surface area contributed by atoms with Crippen molar-refractivity contribution in [3.05, 3.63) is 54.6 Å². The van der Waals surface area contributed by atoms with E-state index in [9.17, 15) is 0 Å². The van der Waals surface area contributed by atoms with Gasteiger partial charge in [-0.1, -0.05) is 53.7 Å². The zero-order chi connectivity index (χ0) is 10.5. The minimum atomic E-state index is -0.399. The summed E-state index contributed by atoms with van der Waals surface area (Å²) in [5, 5.41) is 2.81. The van der Waals surface area contributed by atoms with E-state index >= 15 is 0 Å². The van der Waals surface area contributed by atoms with E-state index in [1.165, 1.54) is 10.4 Å². The van der Waals surface area contributed by atoms with Gasteiger partial charge in [-0.2, -0.15) is 0 Å². The van der Waals surface area contributed by atoms with Crippen molar-refractivity contribution in [2.24, 2.45) is 0 Å². The normalized spacial score (nSPS) is 10.7. The number of para-hydroxylation sites is 1. The SMILES string of the molecule is COc1ccccc1[SiH2]c1ccccc1. The van der Waals surface area contributed by atoms with Crippen LogP contribution < -0.4 is 15.1 Å². The third-order valence-electron chi connectivity index (χ3n) is 2.43. The molecule has 2 aromatic carbocycles. The Bertz CT molecular complexity index is 426. The zero-order valence-electron chi connectivity index (χ0n) is 8.81. The minimum Gasteiger partial charge on any atom is -0.497 e. The molecule has 0 bridgehead atoms. The molecule has 0 saturated carbocycles. The van der Waals surface area contributed by atoms with Crippen molar-refractivity contribution in [2.75, 3.05) is 7.11 Å². The van der Waals surface area contributed by atoms with Gasteiger partial charge in [0.05, 0.1) is 16.6 Å². The van der Waals surface area contributed by atoms with Crippen molar-refractivity contribution in [3.63, 3.8) is 0 Å². The predicted octanol–water partition coefficient (Wildman–Crippen LogP) is 0.815. The highest BCUT2D eigenvalue weighted by atomic mass is 28.2. The molecular formula is C13H14OSi. The molecule has 0 aromatic heterocycles. The summed E-state index contributed by atoms with van der Waals surface area (Å²) in [6.45, 7) is 0. The highest BCUT2D eigenvalue weighted by molar-refractivity contribution is 6.68. The molecule has 1 nitrogen and oxygen atoms in total. The average Bonchev–Trinajstić information content (AvgIpc) is 2.31. The quantitative estimate of drug-likeness (QED) is 0.687. The molecule has 2 rings (SSSR count). The van der Waals surface area contributed by atoms with Gasteiger partial charge in [-0.25, -0.2) is 0 Å². The fraction of sp³-hybridized carbons (Fsp3) is 0.0769. The standard InChI is InChI=1S/C13H14OSi/c1-14-12-9-5-6-10-13(12)15-11-7-3-2-4-8-11/h2-10H,15H2,1H3. The van der Waals surface area contributed by atoms with E-state index in [1.807, 2.05) is 12.1 Å². The lowest BCUT2D eigenvalue weighted by atomic mass is 10.3. The Morgan fingerprint density at radius 2 is 1.53 bits per heavy atom. The summed E-state index contributed by atoms with van der Waals surface area (Å²) >= 11 is 0. The molecule has 0 saturated heterocycles. The maximum absolute atomic E-state index is 5.35. The maximum atomic E-state index is 5.35. The summed E-state index contributed by atoms with van der Waals surface area (Å²) in [6.07, 6.45) is 0. The van der Waals surface area contributed by atoms with Crippen molar-refractivity contribution in [1.29, 1.82) is 0 Å². The number of benzene rings is 2. The Labute approximate surface area is 92.5 Å². The van der Waals surface area contributed by atoms with Gasteiger partial charge >= 0.3 is 0 Å². The molecule has 0 spiro atoms.